The van der Waals surface area contributed by atoms with E-state index < -0.39 is 0 Å². The van der Waals surface area contributed by atoms with Crippen molar-refractivity contribution < 1.29 is 0 Å². The third-order valence-corrected chi connectivity index (χ3v) is 8.29. The molecule has 2 fully saturated rings. The smallest absolute Gasteiger partial charge is 0.260 e. The zero-order valence-corrected chi connectivity index (χ0v) is 21.0. The number of aryl methyl sites for hydroxylation is 1. The zero-order valence-electron chi connectivity index (χ0n) is 20.2. The first kappa shape index (κ1) is 22.2. The number of likely N-dealkylation sites (N-methyl/N-ethyl adjacent to an activating group) is 1. The van der Waals surface area contributed by atoms with Gasteiger partial charge >= 0.3 is 0 Å². The van der Waals surface area contributed by atoms with E-state index in [2.05, 4.69) is 63.5 Å². The molecule has 4 heterocycles. The first-order valence-electron chi connectivity index (χ1n) is 12.4. The van der Waals surface area contributed by atoms with E-state index in [1.807, 2.05) is 19.2 Å². The fourth-order valence-corrected chi connectivity index (χ4v) is 5.91. The van der Waals surface area contributed by atoms with Crippen LogP contribution in [0.5, 0.6) is 0 Å². The number of nitrogens with zero attached hydrogens (tertiary/aromatic N) is 5. The van der Waals surface area contributed by atoms with Crippen molar-refractivity contribution in [3.63, 3.8) is 0 Å². The Labute approximate surface area is 209 Å². The van der Waals surface area contributed by atoms with Crippen molar-refractivity contribution in [3.8, 4) is 10.4 Å². The minimum Gasteiger partial charge on any atom is -0.369 e. The summed E-state index contributed by atoms with van der Waals surface area (Å²) in [5, 5.41) is 4.18. The van der Waals surface area contributed by atoms with E-state index in [4.69, 9.17) is 4.98 Å². The lowest BCUT2D eigenvalue weighted by atomic mass is 10.2. The predicted molar refractivity (Wildman–Crippen MR) is 144 cm³/mol. The van der Waals surface area contributed by atoms with Gasteiger partial charge in [-0.2, -0.15) is 4.98 Å². The topological polar surface area (TPSA) is 66.3 Å². The van der Waals surface area contributed by atoms with Crippen LogP contribution >= 0.6 is 11.3 Å². The van der Waals surface area contributed by atoms with Crippen molar-refractivity contribution in [2.24, 2.45) is 0 Å². The summed E-state index contributed by atoms with van der Waals surface area (Å²) < 4.78 is 1.75. The summed E-state index contributed by atoms with van der Waals surface area (Å²) in [6.45, 7) is 6.79. The van der Waals surface area contributed by atoms with Gasteiger partial charge in [0.15, 0.2) is 0 Å². The Morgan fingerprint density at radius 2 is 1.83 bits per heavy atom. The molecule has 7 nitrogen and oxygen atoms in total. The molecule has 2 aliphatic rings. The number of anilines is 3. The monoisotopic (exact) mass is 486 g/mol. The van der Waals surface area contributed by atoms with Crippen LogP contribution in [0.3, 0.4) is 0 Å². The highest BCUT2D eigenvalue weighted by Gasteiger charge is 2.26. The van der Waals surface area contributed by atoms with E-state index >= 15 is 0 Å². The molecule has 1 aromatic carbocycles. The molecule has 1 aliphatic carbocycles. The van der Waals surface area contributed by atoms with E-state index in [0.717, 1.165) is 47.7 Å². The summed E-state index contributed by atoms with van der Waals surface area (Å²) in [5.41, 5.74) is 3.56. The van der Waals surface area contributed by atoms with Crippen LogP contribution in [0.2, 0.25) is 0 Å². The molecule has 0 amide bonds. The van der Waals surface area contributed by atoms with E-state index in [9.17, 15) is 4.79 Å². The molecule has 6 rings (SSSR count). The lowest BCUT2D eigenvalue weighted by Crippen LogP contribution is -2.44. The van der Waals surface area contributed by atoms with Gasteiger partial charge in [0.25, 0.3) is 5.56 Å². The molecule has 0 atom stereocenters. The third-order valence-electron chi connectivity index (χ3n) is 7.01. The number of piperazine rings is 1. The standard InChI is InChI=1S/C27H30N6OS/c1-3-33-25-19(16-22(26(33)34)24-11-10-23(35-24)18-4-5-18)17-28-27(30-25)29-20-6-8-21(9-7-20)32-14-12-31(2)13-15-32/h6-11,16-18H,3-5,12-15H2,1-2H3,(H,28,29,30). The molecule has 1 aliphatic heterocycles. The molecule has 1 N–H and O–H groups in total. The molecule has 4 aromatic rings. The summed E-state index contributed by atoms with van der Waals surface area (Å²) in [6, 6.07) is 14.6. The highest BCUT2D eigenvalue weighted by molar-refractivity contribution is 7.15. The molecule has 1 saturated heterocycles. The second-order valence-corrected chi connectivity index (χ2v) is 10.6. The van der Waals surface area contributed by atoms with Gasteiger partial charge in [0, 0.05) is 65.4 Å². The molecule has 3 aromatic heterocycles. The van der Waals surface area contributed by atoms with Crippen LogP contribution in [0, 0.1) is 0 Å². The van der Waals surface area contributed by atoms with Crippen molar-refractivity contribution in [1.29, 1.82) is 0 Å². The van der Waals surface area contributed by atoms with E-state index in [1.165, 1.54) is 23.4 Å². The summed E-state index contributed by atoms with van der Waals surface area (Å²) in [4.78, 5) is 29.8. The lowest BCUT2D eigenvalue weighted by molar-refractivity contribution is 0.313. The van der Waals surface area contributed by atoms with Crippen LogP contribution in [-0.4, -0.2) is 52.7 Å². The highest BCUT2D eigenvalue weighted by Crippen LogP contribution is 2.44. The zero-order chi connectivity index (χ0) is 23.9. The van der Waals surface area contributed by atoms with Crippen molar-refractivity contribution in [2.75, 3.05) is 43.4 Å². The number of rotatable bonds is 6. The summed E-state index contributed by atoms with van der Waals surface area (Å²) in [7, 11) is 2.17. The molecule has 0 radical (unpaired) electrons. The van der Waals surface area contributed by atoms with Crippen LogP contribution in [0.25, 0.3) is 21.5 Å². The maximum Gasteiger partial charge on any atom is 0.260 e. The number of hydrogen-bond acceptors (Lipinski definition) is 7. The van der Waals surface area contributed by atoms with Crippen LogP contribution < -0.4 is 15.8 Å². The van der Waals surface area contributed by atoms with Gasteiger partial charge in [-0.3, -0.25) is 9.36 Å². The number of aromatic nitrogens is 3. The quantitative estimate of drug-likeness (QED) is 0.418. The van der Waals surface area contributed by atoms with Crippen molar-refractivity contribution in [3.05, 3.63) is 63.9 Å². The number of nitrogens with one attached hydrogen (secondary N) is 1. The molecule has 8 heteroatoms. The van der Waals surface area contributed by atoms with E-state index in [0.29, 0.717) is 24.1 Å². The second-order valence-electron chi connectivity index (χ2n) is 9.52. The van der Waals surface area contributed by atoms with Gasteiger partial charge in [0.1, 0.15) is 5.65 Å². The molecular formula is C27H30N6OS. The van der Waals surface area contributed by atoms with Gasteiger partial charge in [-0.1, -0.05) is 0 Å². The Hall–Kier alpha value is -3.23. The Bertz CT molecular complexity index is 1410. The number of hydrogen-bond donors (Lipinski definition) is 1. The second kappa shape index (κ2) is 9.09. The minimum atomic E-state index is 0.00498. The summed E-state index contributed by atoms with van der Waals surface area (Å²) >= 11 is 1.74. The minimum absolute atomic E-state index is 0.00498. The maximum absolute atomic E-state index is 13.4. The number of benzene rings is 1. The Morgan fingerprint density at radius 1 is 1.06 bits per heavy atom. The highest BCUT2D eigenvalue weighted by atomic mass is 32.1. The van der Waals surface area contributed by atoms with Crippen molar-refractivity contribution >= 4 is 39.7 Å². The predicted octanol–water partition coefficient (Wildman–Crippen LogP) is 4.91. The van der Waals surface area contributed by atoms with Crippen molar-refractivity contribution in [1.82, 2.24) is 19.4 Å². The fourth-order valence-electron chi connectivity index (χ4n) is 4.72. The number of pyridine rings is 1. The SMILES string of the molecule is CCn1c(=O)c(-c2ccc(C3CC3)s2)cc2cnc(Nc3ccc(N4CCN(C)CC4)cc3)nc21. The summed E-state index contributed by atoms with van der Waals surface area (Å²) in [5.74, 6) is 1.18. The molecule has 180 valence electrons. The molecule has 0 bridgehead atoms. The molecule has 35 heavy (non-hydrogen) atoms. The lowest BCUT2D eigenvalue weighted by Gasteiger charge is -2.34. The Morgan fingerprint density at radius 3 is 2.54 bits per heavy atom. The molecular weight excluding hydrogens is 456 g/mol. The fraction of sp³-hybridized carbons (Fsp3) is 0.370. The third kappa shape index (κ3) is 4.44. The number of fused-ring (bicyclic) bond motifs is 1. The molecule has 0 spiro atoms. The maximum atomic E-state index is 13.4. The average molecular weight is 487 g/mol. The van der Waals surface area contributed by atoms with Gasteiger partial charge in [-0.25, -0.2) is 4.98 Å². The van der Waals surface area contributed by atoms with Gasteiger partial charge < -0.3 is 15.1 Å². The van der Waals surface area contributed by atoms with E-state index in [-0.39, 0.29) is 5.56 Å². The van der Waals surface area contributed by atoms with Crippen LogP contribution in [0.4, 0.5) is 17.3 Å². The average Bonchev–Trinajstić information content (AvgIpc) is 3.61. The van der Waals surface area contributed by atoms with Crippen LogP contribution in [-0.2, 0) is 6.54 Å². The Kier molecular flexibility index (Phi) is 5.78. The summed E-state index contributed by atoms with van der Waals surface area (Å²) in [6.07, 6.45) is 4.34. The number of thiophene rings is 1. The molecule has 1 saturated carbocycles. The Balaban J connectivity index is 1.26. The first-order chi connectivity index (χ1) is 17.1. The normalized spacial score (nSPS) is 16.7. The van der Waals surface area contributed by atoms with Gasteiger partial charge in [0.05, 0.1) is 5.56 Å². The van der Waals surface area contributed by atoms with Gasteiger partial charge in [-0.05, 0) is 75.2 Å². The van der Waals surface area contributed by atoms with Crippen LogP contribution in [0.15, 0.2) is 53.5 Å². The first-order valence-corrected chi connectivity index (χ1v) is 13.2. The van der Waals surface area contributed by atoms with E-state index in [1.54, 1.807) is 15.9 Å². The van der Waals surface area contributed by atoms with Crippen LogP contribution in [0.1, 0.15) is 30.6 Å². The van der Waals surface area contributed by atoms with Gasteiger partial charge in [-0.15, -0.1) is 11.3 Å². The largest absolute Gasteiger partial charge is 0.369 e. The van der Waals surface area contributed by atoms with Crippen molar-refractivity contribution in [2.45, 2.75) is 32.2 Å². The molecule has 0 unspecified atom stereocenters. The van der Waals surface area contributed by atoms with Gasteiger partial charge in [0.2, 0.25) is 5.95 Å².